The molecule has 1 aromatic heterocycles. The number of piperidine rings is 1. The molecule has 2 aromatic rings. The highest BCUT2D eigenvalue weighted by Crippen LogP contribution is 2.39. The van der Waals surface area contributed by atoms with Gasteiger partial charge in [-0.2, -0.15) is 0 Å². The molecule has 0 radical (unpaired) electrons. The van der Waals surface area contributed by atoms with E-state index in [1.165, 1.54) is 5.56 Å². The van der Waals surface area contributed by atoms with Gasteiger partial charge in [0.2, 0.25) is 5.91 Å². The molecule has 2 aliphatic heterocycles. The molecule has 0 saturated carbocycles. The number of rotatable bonds is 5. The van der Waals surface area contributed by atoms with Crippen molar-refractivity contribution in [2.45, 2.75) is 51.1 Å². The van der Waals surface area contributed by atoms with Crippen LogP contribution in [0.5, 0.6) is 0 Å². The van der Waals surface area contributed by atoms with Crippen molar-refractivity contribution in [1.82, 2.24) is 19.8 Å². The maximum atomic E-state index is 13.5. The number of amides is 1. The fourth-order valence-electron chi connectivity index (χ4n) is 4.57. The molecule has 2 saturated heterocycles. The Hall–Kier alpha value is -2.27. The minimum Gasteiger partial charge on any atom is -0.341 e. The standard InChI is InChI=1S/C22H28N4O/c1-18-15-24-20(16-23-18)17-26-13-6-11-22(26)10-5-12-25(21(22)27)14-9-19-7-3-2-4-8-19/h2-4,7-8,15-16H,5-6,9-14,17H2,1H3. The molecule has 5 heteroatoms. The lowest BCUT2D eigenvalue weighted by Gasteiger charge is -2.44. The van der Waals surface area contributed by atoms with Crippen molar-refractivity contribution in [1.29, 1.82) is 0 Å². The molecule has 1 spiro atoms. The molecule has 2 aliphatic rings. The molecule has 5 nitrogen and oxygen atoms in total. The van der Waals surface area contributed by atoms with Gasteiger partial charge in [-0.15, -0.1) is 0 Å². The largest absolute Gasteiger partial charge is 0.341 e. The third-order valence-corrected chi connectivity index (χ3v) is 6.03. The minimum absolute atomic E-state index is 0.322. The van der Waals surface area contributed by atoms with Crippen LogP contribution in [-0.4, -0.2) is 50.8 Å². The first-order chi connectivity index (χ1) is 13.2. The Bertz CT molecular complexity index is 777. The average molecular weight is 364 g/mol. The van der Waals surface area contributed by atoms with Crippen LogP contribution in [0.4, 0.5) is 0 Å². The molecule has 0 N–H and O–H groups in total. The first-order valence-corrected chi connectivity index (χ1v) is 10.0. The van der Waals surface area contributed by atoms with Crippen molar-refractivity contribution in [3.63, 3.8) is 0 Å². The van der Waals surface area contributed by atoms with Gasteiger partial charge < -0.3 is 4.90 Å². The summed E-state index contributed by atoms with van der Waals surface area (Å²) < 4.78 is 0. The Kier molecular flexibility index (Phi) is 5.21. The van der Waals surface area contributed by atoms with Crippen LogP contribution in [0.2, 0.25) is 0 Å². The third kappa shape index (κ3) is 3.74. The first kappa shape index (κ1) is 18.1. The summed E-state index contributed by atoms with van der Waals surface area (Å²) >= 11 is 0. The van der Waals surface area contributed by atoms with E-state index in [2.05, 4.69) is 44.0 Å². The van der Waals surface area contributed by atoms with E-state index in [1.807, 2.05) is 25.4 Å². The summed E-state index contributed by atoms with van der Waals surface area (Å²) in [6, 6.07) is 10.4. The van der Waals surface area contributed by atoms with E-state index < -0.39 is 0 Å². The zero-order chi connectivity index (χ0) is 18.7. The highest BCUT2D eigenvalue weighted by Gasteiger charge is 2.50. The predicted molar refractivity (Wildman–Crippen MR) is 105 cm³/mol. The molecular weight excluding hydrogens is 336 g/mol. The van der Waals surface area contributed by atoms with Gasteiger partial charge in [0.15, 0.2) is 0 Å². The van der Waals surface area contributed by atoms with Crippen molar-refractivity contribution in [3.8, 4) is 0 Å². The molecule has 1 unspecified atom stereocenters. The molecule has 27 heavy (non-hydrogen) atoms. The summed E-state index contributed by atoms with van der Waals surface area (Å²) in [5.74, 6) is 0.322. The Labute approximate surface area is 161 Å². The summed E-state index contributed by atoms with van der Waals surface area (Å²) in [6.07, 6.45) is 8.68. The number of hydrogen-bond donors (Lipinski definition) is 0. The molecule has 3 heterocycles. The van der Waals surface area contributed by atoms with Crippen LogP contribution in [0.1, 0.15) is 42.6 Å². The number of carbonyl (C=O) groups excluding carboxylic acids is 1. The van der Waals surface area contributed by atoms with Crippen LogP contribution in [0.25, 0.3) is 0 Å². The van der Waals surface area contributed by atoms with Crippen molar-refractivity contribution in [2.75, 3.05) is 19.6 Å². The third-order valence-electron chi connectivity index (χ3n) is 6.03. The summed E-state index contributed by atoms with van der Waals surface area (Å²) in [5, 5.41) is 0. The van der Waals surface area contributed by atoms with Crippen LogP contribution in [0.15, 0.2) is 42.7 Å². The Morgan fingerprint density at radius 2 is 1.81 bits per heavy atom. The summed E-state index contributed by atoms with van der Waals surface area (Å²) in [4.78, 5) is 26.8. The fraction of sp³-hybridized carbons (Fsp3) is 0.500. The number of hydrogen-bond acceptors (Lipinski definition) is 4. The maximum absolute atomic E-state index is 13.5. The van der Waals surface area contributed by atoms with Gasteiger partial charge in [0.1, 0.15) is 5.54 Å². The van der Waals surface area contributed by atoms with Crippen molar-refractivity contribution in [3.05, 3.63) is 59.7 Å². The number of benzene rings is 1. The highest BCUT2D eigenvalue weighted by molar-refractivity contribution is 5.87. The SMILES string of the molecule is Cc1cnc(CN2CCCC23CCCN(CCc2ccccc2)C3=O)cn1. The van der Waals surface area contributed by atoms with E-state index >= 15 is 0 Å². The summed E-state index contributed by atoms with van der Waals surface area (Å²) in [6.45, 7) is 5.32. The van der Waals surface area contributed by atoms with Crippen LogP contribution < -0.4 is 0 Å². The molecule has 1 atom stereocenters. The molecule has 1 amide bonds. The van der Waals surface area contributed by atoms with Gasteiger partial charge in [0, 0.05) is 32.0 Å². The highest BCUT2D eigenvalue weighted by atomic mass is 16.2. The number of nitrogens with zero attached hydrogens (tertiary/aromatic N) is 4. The van der Waals surface area contributed by atoms with Crippen LogP contribution in [0.3, 0.4) is 0 Å². The van der Waals surface area contributed by atoms with Gasteiger partial charge in [-0.1, -0.05) is 30.3 Å². The van der Waals surface area contributed by atoms with Gasteiger partial charge in [0.05, 0.1) is 11.4 Å². The van der Waals surface area contributed by atoms with Crippen LogP contribution in [-0.2, 0) is 17.8 Å². The van der Waals surface area contributed by atoms with Gasteiger partial charge in [0.25, 0.3) is 0 Å². The van der Waals surface area contributed by atoms with E-state index in [0.29, 0.717) is 12.5 Å². The predicted octanol–water partition coefficient (Wildman–Crippen LogP) is 2.98. The van der Waals surface area contributed by atoms with Gasteiger partial charge >= 0.3 is 0 Å². The second kappa shape index (κ2) is 7.77. The second-order valence-electron chi connectivity index (χ2n) is 7.84. The molecule has 0 bridgehead atoms. The minimum atomic E-state index is -0.332. The van der Waals surface area contributed by atoms with Crippen molar-refractivity contribution in [2.24, 2.45) is 0 Å². The zero-order valence-electron chi connectivity index (χ0n) is 16.1. The molecular formula is C22H28N4O. The number of carbonyl (C=O) groups is 1. The molecule has 1 aromatic carbocycles. The average Bonchev–Trinajstić information content (AvgIpc) is 3.09. The Morgan fingerprint density at radius 1 is 1.04 bits per heavy atom. The molecule has 142 valence electrons. The quantitative estimate of drug-likeness (QED) is 0.818. The molecule has 0 aliphatic carbocycles. The second-order valence-corrected chi connectivity index (χ2v) is 7.84. The zero-order valence-corrected chi connectivity index (χ0v) is 16.1. The lowest BCUT2D eigenvalue weighted by atomic mass is 9.85. The van der Waals surface area contributed by atoms with Gasteiger partial charge in [-0.05, 0) is 51.1 Å². The number of aryl methyl sites for hydroxylation is 1. The van der Waals surface area contributed by atoms with E-state index in [1.54, 1.807) is 0 Å². The van der Waals surface area contributed by atoms with Gasteiger partial charge in [-0.3, -0.25) is 19.7 Å². The number of likely N-dealkylation sites (tertiary alicyclic amines) is 2. The summed E-state index contributed by atoms with van der Waals surface area (Å²) in [5.41, 5.74) is 2.84. The van der Waals surface area contributed by atoms with Crippen molar-refractivity contribution < 1.29 is 4.79 Å². The van der Waals surface area contributed by atoms with E-state index in [0.717, 1.165) is 63.1 Å². The van der Waals surface area contributed by atoms with Crippen LogP contribution >= 0.6 is 0 Å². The topological polar surface area (TPSA) is 49.3 Å². The summed E-state index contributed by atoms with van der Waals surface area (Å²) in [7, 11) is 0. The Morgan fingerprint density at radius 3 is 2.56 bits per heavy atom. The molecule has 4 rings (SSSR count). The number of aromatic nitrogens is 2. The fourth-order valence-corrected chi connectivity index (χ4v) is 4.57. The van der Waals surface area contributed by atoms with Crippen molar-refractivity contribution >= 4 is 5.91 Å². The smallest absolute Gasteiger partial charge is 0.243 e. The lowest BCUT2D eigenvalue weighted by Crippen LogP contribution is -2.59. The van der Waals surface area contributed by atoms with Crippen LogP contribution in [0, 0.1) is 6.92 Å². The van der Waals surface area contributed by atoms with E-state index in [-0.39, 0.29) is 5.54 Å². The maximum Gasteiger partial charge on any atom is 0.243 e. The first-order valence-electron chi connectivity index (χ1n) is 10.0. The van der Waals surface area contributed by atoms with Gasteiger partial charge in [-0.25, -0.2) is 0 Å². The van der Waals surface area contributed by atoms with E-state index in [4.69, 9.17) is 0 Å². The normalized spacial score (nSPS) is 23.3. The lowest BCUT2D eigenvalue weighted by molar-refractivity contribution is -0.147. The Balaban J connectivity index is 1.46. The molecule has 2 fully saturated rings. The van der Waals surface area contributed by atoms with E-state index in [9.17, 15) is 4.79 Å². The monoisotopic (exact) mass is 364 g/mol.